The largest absolute Gasteiger partial charge is 0.379 e. The minimum atomic E-state index is -1.29. The van der Waals surface area contributed by atoms with Crippen LogP contribution < -0.4 is 9.80 Å². The van der Waals surface area contributed by atoms with Gasteiger partial charge in [0.2, 0.25) is 5.95 Å². The standard InChI is InChI=1S/C17H26FN5O2S/c1-21(2)16-19-6-4-14(20-16)23-9-12(18)8-13(23)10-22(3)15(24)17(25)5-7-26-11-17/h4,6,12-13,25H,5,7-11H2,1-3H3/t12-,13-,17+/m0/s1. The molecule has 2 aliphatic rings. The maximum atomic E-state index is 14.1. The number of hydrogen-bond donors (Lipinski definition) is 1. The van der Waals surface area contributed by atoms with Crippen LogP contribution in [0.5, 0.6) is 0 Å². The lowest BCUT2D eigenvalue weighted by Crippen LogP contribution is -2.51. The van der Waals surface area contributed by atoms with Crippen molar-refractivity contribution >= 4 is 29.4 Å². The first-order valence-electron chi connectivity index (χ1n) is 8.77. The molecule has 1 N–H and O–H groups in total. The van der Waals surface area contributed by atoms with Crippen LogP contribution in [0.25, 0.3) is 0 Å². The third kappa shape index (κ3) is 3.88. The fourth-order valence-corrected chi connectivity index (χ4v) is 4.74. The van der Waals surface area contributed by atoms with Crippen molar-refractivity contribution in [2.45, 2.75) is 30.7 Å². The van der Waals surface area contributed by atoms with Gasteiger partial charge in [0.15, 0.2) is 5.60 Å². The zero-order valence-corrected chi connectivity index (χ0v) is 16.2. The van der Waals surface area contributed by atoms with Crippen molar-refractivity contribution in [2.75, 3.05) is 55.5 Å². The van der Waals surface area contributed by atoms with E-state index in [9.17, 15) is 14.3 Å². The highest BCUT2D eigenvalue weighted by Crippen LogP contribution is 2.31. The molecular weight excluding hydrogens is 357 g/mol. The van der Waals surface area contributed by atoms with E-state index in [4.69, 9.17) is 0 Å². The molecule has 0 aliphatic carbocycles. The van der Waals surface area contributed by atoms with Gasteiger partial charge in [-0.3, -0.25) is 4.79 Å². The molecule has 1 aromatic heterocycles. The summed E-state index contributed by atoms with van der Waals surface area (Å²) in [6.45, 7) is 0.601. The van der Waals surface area contributed by atoms with Crippen molar-refractivity contribution in [3.8, 4) is 0 Å². The number of nitrogens with zero attached hydrogens (tertiary/aromatic N) is 5. The summed E-state index contributed by atoms with van der Waals surface area (Å²) in [5, 5.41) is 10.5. The van der Waals surface area contributed by atoms with Crippen LogP contribution in [-0.2, 0) is 4.79 Å². The first kappa shape index (κ1) is 19.2. The van der Waals surface area contributed by atoms with Crippen LogP contribution >= 0.6 is 11.8 Å². The van der Waals surface area contributed by atoms with Gasteiger partial charge in [-0.2, -0.15) is 16.7 Å². The molecule has 0 unspecified atom stereocenters. The number of amides is 1. The van der Waals surface area contributed by atoms with E-state index < -0.39 is 11.8 Å². The molecule has 1 amide bonds. The number of hydrogen-bond acceptors (Lipinski definition) is 7. The molecule has 0 aromatic carbocycles. The van der Waals surface area contributed by atoms with Gasteiger partial charge in [-0.15, -0.1) is 0 Å². The van der Waals surface area contributed by atoms with E-state index in [1.807, 2.05) is 19.0 Å². The fraction of sp³-hybridized carbons (Fsp3) is 0.706. The lowest BCUT2D eigenvalue weighted by Gasteiger charge is -2.32. The number of aromatic nitrogens is 2. The van der Waals surface area contributed by atoms with Gasteiger partial charge in [-0.05, 0) is 18.2 Å². The summed E-state index contributed by atoms with van der Waals surface area (Å²) in [4.78, 5) is 26.6. The van der Waals surface area contributed by atoms with Crippen LogP contribution in [-0.4, -0.2) is 89.4 Å². The van der Waals surface area contributed by atoms with E-state index in [0.29, 0.717) is 36.9 Å². The zero-order valence-electron chi connectivity index (χ0n) is 15.4. The number of halogens is 1. The van der Waals surface area contributed by atoms with Gasteiger partial charge >= 0.3 is 0 Å². The molecule has 0 bridgehead atoms. The number of rotatable bonds is 5. The molecule has 2 aliphatic heterocycles. The molecule has 26 heavy (non-hydrogen) atoms. The van der Waals surface area contributed by atoms with Crippen LogP contribution in [0.3, 0.4) is 0 Å². The van der Waals surface area contributed by atoms with Crippen molar-refractivity contribution in [3.63, 3.8) is 0 Å². The second kappa shape index (κ2) is 7.56. The Morgan fingerprint density at radius 3 is 2.92 bits per heavy atom. The predicted octanol–water partition coefficient (Wildman–Crippen LogP) is 0.786. The van der Waals surface area contributed by atoms with Gasteiger partial charge in [0, 0.05) is 46.1 Å². The number of carbonyl (C=O) groups excluding carboxylic acids is 1. The van der Waals surface area contributed by atoms with Crippen molar-refractivity contribution in [1.82, 2.24) is 14.9 Å². The third-order valence-corrected chi connectivity index (χ3v) is 6.09. The van der Waals surface area contributed by atoms with Gasteiger partial charge in [0.25, 0.3) is 5.91 Å². The fourth-order valence-electron chi connectivity index (χ4n) is 3.50. The highest BCUT2D eigenvalue weighted by atomic mass is 32.2. The Kier molecular flexibility index (Phi) is 5.57. The Balaban J connectivity index is 1.73. The highest BCUT2D eigenvalue weighted by molar-refractivity contribution is 7.99. The number of alkyl halides is 1. The molecule has 0 radical (unpaired) electrons. The lowest BCUT2D eigenvalue weighted by atomic mass is 10.0. The second-order valence-corrected chi connectivity index (χ2v) is 8.37. The average molecular weight is 383 g/mol. The molecule has 0 spiro atoms. The molecule has 3 heterocycles. The summed E-state index contributed by atoms with van der Waals surface area (Å²) in [5.41, 5.74) is -1.29. The smallest absolute Gasteiger partial charge is 0.255 e. The van der Waals surface area contributed by atoms with E-state index in [1.54, 1.807) is 36.0 Å². The lowest BCUT2D eigenvalue weighted by molar-refractivity contribution is -0.147. The van der Waals surface area contributed by atoms with E-state index in [1.165, 1.54) is 4.90 Å². The molecule has 3 atom stereocenters. The van der Waals surface area contributed by atoms with Gasteiger partial charge < -0.3 is 19.8 Å². The van der Waals surface area contributed by atoms with Crippen LogP contribution in [0.4, 0.5) is 16.2 Å². The van der Waals surface area contributed by atoms with E-state index in [2.05, 4.69) is 9.97 Å². The number of carbonyl (C=O) groups is 1. The summed E-state index contributed by atoms with van der Waals surface area (Å²) in [5.74, 6) is 2.15. The van der Waals surface area contributed by atoms with Crippen LogP contribution in [0.2, 0.25) is 0 Å². The molecule has 0 saturated carbocycles. The molecule has 2 fully saturated rings. The Morgan fingerprint density at radius 2 is 2.27 bits per heavy atom. The molecular formula is C17H26FN5O2S. The number of aliphatic hydroxyl groups is 1. The van der Waals surface area contributed by atoms with E-state index in [0.717, 1.165) is 5.75 Å². The van der Waals surface area contributed by atoms with Gasteiger partial charge in [0.1, 0.15) is 12.0 Å². The predicted molar refractivity (Wildman–Crippen MR) is 102 cm³/mol. The van der Waals surface area contributed by atoms with Crippen molar-refractivity contribution in [2.24, 2.45) is 0 Å². The van der Waals surface area contributed by atoms with Gasteiger partial charge in [-0.1, -0.05) is 0 Å². The van der Waals surface area contributed by atoms with Crippen LogP contribution in [0.15, 0.2) is 12.3 Å². The quantitative estimate of drug-likeness (QED) is 0.806. The molecule has 9 heteroatoms. The monoisotopic (exact) mass is 383 g/mol. The summed E-state index contributed by atoms with van der Waals surface area (Å²) >= 11 is 1.58. The number of anilines is 2. The van der Waals surface area contributed by atoms with Crippen molar-refractivity contribution < 1.29 is 14.3 Å². The summed E-state index contributed by atoms with van der Waals surface area (Å²) in [6.07, 6.45) is 1.50. The van der Waals surface area contributed by atoms with Crippen molar-refractivity contribution in [3.05, 3.63) is 12.3 Å². The maximum Gasteiger partial charge on any atom is 0.255 e. The van der Waals surface area contributed by atoms with Crippen LogP contribution in [0.1, 0.15) is 12.8 Å². The Bertz CT molecular complexity index is 656. The van der Waals surface area contributed by atoms with Crippen LogP contribution in [0, 0.1) is 0 Å². The molecule has 7 nitrogen and oxygen atoms in total. The van der Waals surface area contributed by atoms with Gasteiger partial charge in [-0.25, -0.2) is 9.37 Å². The zero-order chi connectivity index (χ0) is 18.9. The topological polar surface area (TPSA) is 72.8 Å². The minimum Gasteiger partial charge on any atom is -0.379 e. The normalized spacial score (nSPS) is 28.4. The summed E-state index contributed by atoms with van der Waals surface area (Å²) in [6, 6.07) is 1.59. The molecule has 2 saturated heterocycles. The van der Waals surface area contributed by atoms with Gasteiger partial charge in [0.05, 0.1) is 12.6 Å². The molecule has 3 rings (SSSR count). The Hall–Kier alpha value is -1.61. The van der Waals surface area contributed by atoms with Crippen molar-refractivity contribution in [1.29, 1.82) is 0 Å². The number of thioether (sulfide) groups is 1. The number of likely N-dealkylation sites (N-methyl/N-ethyl adjacent to an activating group) is 1. The Morgan fingerprint density at radius 1 is 1.50 bits per heavy atom. The maximum absolute atomic E-state index is 14.1. The summed E-state index contributed by atoms with van der Waals surface area (Å²) < 4.78 is 14.1. The van der Waals surface area contributed by atoms with E-state index >= 15 is 0 Å². The SMILES string of the molecule is CN(C[C@@H]1C[C@H](F)CN1c1ccnc(N(C)C)n1)C(=O)[C@@]1(O)CCSC1. The molecule has 144 valence electrons. The first-order valence-corrected chi connectivity index (χ1v) is 9.92. The highest BCUT2D eigenvalue weighted by Gasteiger charge is 2.43. The first-order chi connectivity index (χ1) is 12.3. The minimum absolute atomic E-state index is 0.179. The second-order valence-electron chi connectivity index (χ2n) is 7.27. The Labute approximate surface area is 157 Å². The third-order valence-electron chi connectivity index (χ3n) is 4.92. The summed E-state index contributed by atoms with van der Waals surface area (Å²) in [7, 11) is 5.38. The van der Waals surface area contributed by atoms with E-state index in [-0.39, 0.29) is 18.5 Å². The average Bonchev–Trinajstić information content (AvgIpc) is 3.21. The molecule has 1 aromatic rings.